The molecule has 15 heavy (non-hydrogen) atoms. The summed E-state index contributed by atoms with van der Waals surface area (Å²) in [6, 6.07) is 5.41. The van der Waals surface area contributed by atoms with Gasteiger partial charge in [-0.05, 0) is 41.1 Å². The lowest BCUT2D eigenvalue weighted by molar-refractivity contribution is 0.468. The molecule has 2 rings (SSSR count). The van der Waals surface area contributed by atoms with Gasteiger partial charge in [0.05, 0.1) is 14.9 Å². The second-order valence-electron chi connectivity index (χ2n) is 3.20. The van der Waals surface area contributed by atoms with Crippen LogP contribution in [0.1, 0.15) is 22.4 Å². The molecule has 2 nitrogen and oxygen atoms in total. The number of rotatable bonds is 2. The van der Waals surface area contributed by atoms with Crippen molar-refractivity contribution < 1.29 is 4.42 Å². The Bertz CT molecular complexity index is 460. The van der Waals surface area contributed by atoms with Crippen molar-refractivity contribution in [3.63, 3.8) is 0 Å². The molecule has 0 radical (unpaired) electrons. The number of thiophene rings is 1. The Morgan fingerprint density at radius 3 is 2.73 bits per heavy atom. The molecule has 0 saturated heterocycles. The van der Waals surface area contributed by atoms with Gasteiger partial charge in [0.2, 0.25) is 0 Å². The van der Waals surface area contributed by atoms with Crippen LogP contribution < -0.4 is 5.73 Å². The maximum absolute atomic E-state index is 6.05. The van der Waals surface area contributed by atoms with Crippen LogP contribution >= 0.6 is 38.9 Å². The highest BCUT2D eigenvalue weighted by Gasteiger charge is 2.16. The van der Waals surface area contributed by atoms with Crippen molar-refractivity contribution in [2.45, 2.75) is 13.0 Å². The molecule has 0 aliphatic carbocycles. The van der Waals surface area contributed by atoms with Crippen LogP contribution in [0.15, 0.2) is 26.4 Å². The second-order valence-corrected chi connectivity index (χ2v) is 6.01. The zero-order valence-electron chi connectivity index (χ0n) is 7.96. The first kappa shape index (κ1) is 11.2. The third-order valence-electron chi connectivity index (χ3n) is 2.04. The maximum atomic E-state index is 6.05. The molecule has 2 N–H and O–H groups in total. The van der Waals surface area contributed by atoms with Gasteiger partial charge in [-0.25, -0.2) is 0 Å². The topological polar surface area (TPSA) is 39.2 Å². The highest BCUT2D eigenvalue weighted by Crippen LogP contribution is 2.36. The molecule has 2 aromatic heterocycles. The largest absolute Gasteiger partial charge is 0.464 e. The molecule has 5 heteroatoms. The van der Waals surface area contributed by atoms with Gasteiger partial charge in [-0.3, -0.25) is 0 Å². The zero-order valence-corrected chi connectivity index (χ0v) is 11.1. The van der Waals surface area contributed by atoms with E-state index in [1.165, 1.54) is 11.3 Å². The predicted molar refractivity (Wildman–Crippen MR) is 66.5 cm³/mol. The summed E-state index contributed by atoms with van der Waals surface area (Å²) in [5.41, 5.74) is 6.05. The molecule has 0 aromatic carbocycles. The lowest BCUT2D eigenvalue weighted by Gasteiger charge is -2.04. The van der Waals surface area contributed by atoms with Crippen molar-refractivity contribution in [2.75, 3.05) is 0 Å². The van der Waals surface area contributed by atoms with Crippen LogP contribution in [0, 0.1) is 6.92 Å². The van der Waals surface area contributed by atoms with E-state index < -0.39 is 0 Å². The summed E-state index contributed by atoms with van der Waals surface area (Å²) in [4.78, 5) is 0.987. The molecular weight excluding hydrogens is 298 g/mol. The first-order chi connectivity index (χ1) is 7.08. The molecule has 0 bridgehead atoms. The van der Waals surface area contributed by atoms with Gasteiger partial charge in [-0.2, -0.15) is 0 Å². The lowest BCUT2D eigenvalue weighted by atomic mass is 10.2. The number of hydrogen-bond donors (Lipinski definition) is 1. The average Bonchev–Trinajstić information content (AvgIpc) is 2.74. The van der Waals surface area contributed by atoms with E-state index in [1.807, 2.05) is 25.1 Å². The fourth-order valence-electron chi connectivity index (χ4n) is 1.28. The van der Waals surface area contributed by atoms with Crippen LogP contribution in [0.5, 0.6) is 0 Å². The van der Waals surface area contributed by atoms with Crippen molar-refractivity contribution in [1.82, 2.24) is 0 Å². The molecule has 0 fully saturated rings. The first-order valence-corrected chi connectivity index (χ1v) is 6.33. The number of halogens is 2. The summed E-state index contributed by atoms with van der Waals surface area (Å²) < 4.78 is 6.37. The number of hydrogen-bond acceptors (Lipinski definition) is 3. The van der Waals surface area contributed by atoms with Crippen LogP contribution in [0.25, 0.3) is 0 Å². The molecule has 80 valence electrons. The molecule has 2 aromatic rings. The average molecular weight is 307 g/mol. The van der Waals surface area contributed by atoms with E-state index in [4.69, 9.17) is 21.8 Å². The van der Waals surface area contributed by atoms with E-state index in [9.17, 15) is 0 Å². The van der Waals surface area contributed by atoms with E-state index in [1.54, 1.807) is 0 Å². The lowest BCUT2D eigenvalue weighted by Crippen LogP contribution is -2.08. The van der Waals surface area contributed by atoms with Gasteiger partial charge in [0.1, 0.15) is 11.5 Å². The second kappa shape index (κ2) is 4.29. The molecule has 0 amide bonds. The molecule has 0 spiro atoms. The van der Waals surface area contributed by atoms with Crippen LogP contribution in [0.4, 0.5) is 0 Å². The normalized spacial score (nSPS) is 13.1. The maximum Gasteiger partial charge on any atom is 0.126 e. The molecular formula is C10H9BrClNOS. The minimum absolute atomic E-state index is 0.243. The fourth-order valence-corrected chi connectivity index (χ4v) is 3.03. The zero-order chi connectivity index (χ0) is 11.0. The molecule has 2 heterocycles. The fraction of sp³-hybridized carbons (Fsp3) is 0.200. The van der Waals surface area contributed by atoms with Crippen molar-refractivity contribution >= 4 is 38.9 Å². The standard InChI is InChI=1S/C10H9BrClNOS/c1-5-2-3-7(14-5)9(13)8-4-6(12)10(11)15-8/h2-4,9H,13H2,1H3. The van der Waals surface area contributed by atoms with Crippen LogP contribution in [0.2, 0.25) is 5.02 Å². The smallest absolute Gasteiger partial charge is 0.126 e. The van der Waals surface area contributed by atoms with Gasteiger partial charge in [-0.1, -0.05) is 11.6 Å². The first-order valence-electron chi connectivity index (χ1n) is 4.34. The predicted octanol–water partition coefficient (Wildman–Crippen LogP) is 4.11. The van der Waals surface area contributed by atoms with Crippen LogP contribution in [-0.2, 0) is 0 Å². The Morgan fingerprint density at radius 1 is 1.53 bits per heavy atom. The van der Waals surface area contributed by atoms with Crippen LogP contribution in [-0.4, -0.2) is 0 Å². The molecule has 0 aliphatic heterocycles. The van der Waals surface area contributed by atoms with Gasteiger partial charge in [0.25, 0.3) is 0 Å². The van der Waals surface area contributed by atoms with E-state index >= 15 is 0 Å². The summed E-state index contributed by atoms with van der Waals surface area (Å²) in [5.74, 6) is 1.63. The van der Waals surface area contributed by atoms with Crippen LogP contribution in [0.3, 0.4) is 0 Å². The monoisotopic (exact) mass is 305 g/mol. The summed E-state index contributed by atoms with van der Waals surface area (Å²) >= 11 is 10.8. The Balaban J connectivity index is 2.31. The van der Waals surface area contributed by atoms with Gasteiger partial charge >= 0.3 is 0 Å². The third-order valence-corrected chi connectivity index (χ3v) is 4.60. The van der Waals surface area contributed by atoms with Gasteiger partial charge < -0.3 is 10.2 Å². The van der Waals surface area contributed by atoms with Crippen molar-refractivity contribution in [2.24, 2.45) is 5.73 Å². The van der Waals surface area contributed by atoms with E-state index in [2.05, 4.69) is 15.9 Å². The minimum atomic E-state index is -0.243. The van der Waals surface area contributed by atoms with Crippen molar-refractivity contribution in [3.05, 3.63) is 43.4 Å². The summed E-state index contributed by atoms with van der Waals surface area (Å²) in [6.07, 6.45) is 0. The van der Waals surface area contributed by atoms with Crippen molar-refractivity contribution in [3.8, 4) is 0 Å². The van der Waals surface area contributed by atoms with E-state index in [0.717, 1.165) is 20.2 Å². The Hall–Kier alpha value is -0.290. The Labute approximate surface area is 105 Å². The van der Waals surface area contributed by atoms with Gasteiger partial charge in [0, 0.05) is 4.88 Å². The summed E-state index contributed by atoms with van der Waals surface area (Å²) in [5, 5.41) is 0.689. The quantitative estimate of drug-likeness (QED) is 0.906. The SMILES string of the molecule is Cc1ccc(C(N)c2cc(Cl)c(Br)s2)o1. The summed E-state index contributed by atoms with van der Waals surface area (Å²) in [7, 11) is 0. The molecule has 0 aliphatic rings. The molecule has 1 unspecified atom stereocenters. The van der Waals surface area contributed by atoms with Gasteiger partial charge in [-0.15, -0.1) is 11.3 Å². The Kier molecular flexibility index (Phi) is 3.21. The van der Waals surface area contributed by atoms with E-state index in [0.29, 0.717) is 5.02 Å². The Morgan fingerprint density at radius 2 is 2.27 bits per heavy atom. The van der Waals surface area contributed by atoms with Crippen molar-refractivity contribution in [1.29, 1.82) is 0 Å². The summed E-state index contributed by atoms with van der Waals surface area (Å²) in [6.45, 7) is 1.90. The molecule has 0 saturated carbocycles. The minimum Gasteiger partial charge on any atom is -0.464 e. The number of aryl methyl sites for hydroxylation is 1. The number of furan rings is 1. The highest BCUT2D eigenvalue weighted by atomic mass is 79.9. The number of nitrogens with two attached hydrogens (primary N) is 1. The third kappa shape index (κ3) is 2.28. The highest BCUT2D eigenvalue weighted by molar-refractivity contribution is 9.11. The van der Waals surface area contributed by atoms with E-state index in [-0.39, 0.29) is 6.04 Å². The van der Waals surface area contributed by atoms with Gasteiger partial charge in [0.15, 0.2) is 0 Å². The molecule has 1 atom stereocenters.